The van der Waals surface area contributed by atoms with Gasteiger partial charge in [-0.15, -0.1) is 0 Å². The molecule has 2 aromatic carbocycles. The number of carbonyl (C=O) groups excluding carboxylic acids is 2. The molecule has 1 aliphatic rings. The van der Waals surface area contributed by atoms with Gasteiger partial charge in [0.2, 0.25) is 0 Å². The second kappa shape index (κ2) is 11.3. The van der Waals surface area contributed by atoms with Gasteiger partial charge < -0.3 is 19.5 Å². The van der Waals surface area contributed by atoms with Gasteiger partial charge in [-0.25, -0.2) is 0 Å². The van der Waals surface area contributed by atoms with E-state index >= 15 is 0 Å². The van der Waals surface area contributed by atoms with Gasteiger partial charge in [0.1, 0.15) is 17.8 Å². The number of aliphatic hydroxyl groups excluding tert-OH is 1. The van der Waals surface area contributed by atoms with Crippen molar-refractivity contribution in [1.82, 2.24) is 4.90 Å². The van der Waals surface area contributed by atoms with Crippen LogP contribution in [-0.2, 0) is 19.1 Å². The van der Waals surface area contributed by atoms with Crippen LogP contribution in [-0.4, -0.2) is 45.7 Å². The maximum absolute atomic E-state index is 13.9. The molecule has 1 fully saturated rings. The summed E-state index contributed by atoms with van der Waals surface area (Å²) in [6, 6.07) is 13.4. The summed E-state index contributed by atoms with van der Waals surface area (Å²) in [6.07, 6.45) is -2.26. The number of aliphatic hydroxyl groups is 1. The van der Waals surface area contributed by atoms with Crippen molar-refractivity contribution < 1.29 is 24.2 Å². The molecule has 1 saturated heterocycles. The van der Waals surface area contributed by atoms with Crippen molar-refractivity contribution in [3.8, 4) is 0 Å². The Kier molecular flexibility index (Phi) is 8.86. The molecule has 3 rings (SSSR count). The number of benzene rings is 2. The minimum atomic E-state index is -1.08. The van der Waals surface area contributed by atoms with E-state index in [9.17, 15) is 14.7 Å². The molecule has 0 bridgehead atoms. The second-order valence-electron chi connectivity index (χ2n) is 9.85. The van der Waals surface area contributed by atoms with Crippen molar-refractivity contribution in [3.63, 3.8) is 0 Å². The van der Waals surface area contributed by atoms with Gasteiger partial charge in [0.05, 0.1) is 24.6 Å². The van der Waals surface area contributed by atoms with E-state index in [1.165, 1.54) is 0 Å². The summed E-state index contributed by atoms with van der Waals surface area (Å²) in [5, 5.41) is 11.7. The first kappa shape index (κ1) is 27.5. The van der Waals surface area contributed by atoms with Gasteiger partial charge >= 0.3 is 5.97 Å². The molecule has 2 aromatic rings. The average molecular weight is 522 g/mol. The second-order valence-corrected chi connectivity index (χ2v) is 10.7. The average Bonchev–Trinajstić information content (AvgIpc) is 2.75. The van der Waals surface area contributed by atoms with Crippen molar-refractivity contribution in [2.45, 2.75) is 83.5 Å². The number of hydrogen-bond donors (Lipinski definition) is 1. The van der Waals surface area contributed by atoms with E-state index < -0.39 is 42.0 Å². The number of nitrogens with zero attached hydrogens (tertiary/aromatic N) is 1. The highest BCUT2D eigenvalue weighted by molar-refractivity contribution is 6.30. The van der Waals surface area contributed by atoms with Gasteiger partial charge in [-0.1, -0.05) is 54.4 Å². The van der Waals surface area contributed by atoms with Crippen LogP contribution in [0.25, 0.3) is 0 Å². The summed E-state index contributed by atoms with van der Waals surface area (Å²) < 4.78 is 11.8. The fraction of sp³-hybridized carbons (Fsp3) is 0.481. The van der Waals surface area contributed by atoms with Crippen LogP contribution >= 0.6 is 23.2 Å². The van der Waals surface area contributed by atoms with E-state index in [1.54, 1.807) is 56.9 Å². The number of carbonyl (C=O) groups is 2. The predicted octanol–water partition coefficient (Wildman–Crippen LogP) is 5.89. The van der Waals surface area contributed by atoms with E-state index in [4.69, 9.17) is 32.7 Å². The molecule has 0 saturated carbocycles. The quantitative estimate of drug-likeness (QED) is 0.459. The molecule has 190 valence electrons. The highest BCUT2D eigenvalue weighted by Gasteiger charge is 2.48. The molecule has 6 nitrogen and oxygen atoms in total. The summed E-state index contributed by atoms with van der Waals surface area (Å²) in [5.41, 5.74) is 0.852. The minimum Gasteiger partial charge on any atom is -0.460 e. The van der Waals surface area contributed by atoms with Gasteiger partial charge in [-0.05, 0) is 69.5 Å². The van der Waals surface area contributed by atoms with Gasteiger partial charge in [-0.3, -0.25) is 9.59 Å². The predicted molar refractivity (Wildman–Crippen MR) is 136 cm³/mol. The number of rotatable bonds is 7. The highest BCUT2D eigenvalue weighted by Crippen LogP contribution is 2.45. The Morgan fingerprint density at radius 1 is 1.11 bits per heavy atom. The van der Waals surface area contributed by atoms with Crippen molar-refractivity contribution in [3.05, 3.63) is 69.7 Å². The molecular formula is C27H33Cl2NO5. The van der Waals surface area contributed by atoms with Crippen molar-refractivity contribution >= 4 is 35.1 Å². The van der Waals surface area contributed by atoms with E-state index in [2.05, 4.69) is 0 Å². The third-order valence-electron chi connectivity index (χ3n) is 5.92. The molecule has 1 unspecified atom stereocenters. The Morgan fingerprint density at radius 3 is 2.31 bits per heavy atom. The Labute approximate surface area is 217 Å². The minimum absolute atomic E-state index is 0.243. The third-order valence-corrected chi connectivity index (χ3v) is 6.41. The standard InChI is InChI=1S/C27H33Cl2NO5/c1-6-21(16(2)31)30-24(17-10-12-19(28)13-11-17)25(18-8-7-9-20(29)14-18)34-22(26(30)33)15-23(32)35-27(3,4)5/h7-14,16,21-22,24-25,31H,6,15H2,1-5H3/t16?,21-,22+,24+,25+/m0/s1. The first-order valence-electron chi connectivity index (χ1n) is 11.8. The lowest BCUT2D eigenvalue weighted by Gasteiger charge is -2.48. The fourth-order valence-electron chi connectivity index (χ4n) is 4.51. The van der Waals surface area contributed by atoms with Crippen LogP contribution in [0.4, 0.5) is 0 Å². The molecule has 1 amide bonds. The summed E-state index contributed by atoms with van der Waals surface area (Å²) in [7, 11) is 0. The SMILES string of the molecule is CC[C@@H](C(C)O)N1C(=O)[C@@H](CC(=O)OC(C)(C)C)O[C@H](c2cccc(Cl)c2)[C@H]1c1ccc(Cl)cc1. The number of amides is 1. The molecule has 1 heterocycles. The monoisotopic (exact) mass is 521 g/mol. The van der Waals surface area contributed by atoms with Crippen LogP contribution in [0.2, 0.25) is 10.0 Å². The first-order chi connectivity index (χ1) is 16.4. The zero-order valence-corrected chi connectivity index (χ0v) is 22.2. The van der Waals surface area contributed by atoms with Crippen LogP contribution < -0.4 is 0 Å². The summed E-state index contributed by atoms with van der Waals surface area (Å²) in [5.74, 6) is -0.905. The number of halogens is 2. The lowest BCUT2D eigenvalue weighted by atomic mass is 9.88. The number of esters is 1. The molecule has 8 heteroatoms. The topological polar surface area (TPSA) is 76.1 Å². The molecule has 0 spiro atoms. The van der Waals surface area contributed by atoms with E-state index in [0.717, 1.165) is 11.1 Å². The van der Waals surface area contributed by atoms with E-state index in [1.807, 2.05) is 31.2 Å². The Morgan fingerprint density at radius 2 is 1.77 bits per heavy atom. The molecule has 0 aliphatic carbocycles. The van der Waals surface area contributed by atoms with Crippen LogP contribution in [0.3, 0.4) is 0 Å². The smallest absolute Gasteiger partial charge is 0.309 e. The van der Waals surface area contributed by atoms with Crippen LogP contribution in [0.5, 0.6) is 0 Å². The summed E-state index contributed by atoms with van der Waals surface area (Å²) >= 11 is 12.5. The molecule has 0 radical (unpaired) electrons. The molecule has 5 atom stereocenters. The van der Waals surface area contributed by atoms with Gasteiger partial charge in [-0.2, -0.15) is 0 Å². The zero-order valence-electron chi connectivity index (χ0n) is 20.7. The summed E-state index contributed by atoms with van der Waals surface area (Å²) in [6.45, 7) is 8.88. The number of morpholine rings is 1. The maximum Gasteiger partial charge on any atom is 0.309 e. The third kappa shape index (κ3) is 6.76. The zero-order chi connectivity index (χ0) is 25.9. The lowest BCUT2D eigenvalue weighted by Crippen LogP contribution is -2.57. The van der Waals surface area contributed by atoms with Crippen molar-refractivity contribution in [2.75, 3.05) is 0 Å². The van der Waals surface area contributed by atoms with Gasteiger partial charge in [0.15, 0.2) is 0 Å². The van der Waals surface area contributed by atoms with Crippen molar-refractivity contribution in [2.24, 2.45) is 0 Å². The molecule has 1 N–H and O–H groups in total. The van der Waals surface area contributed by atoms with E-state index in [0.29, 0.717) is 16.5 Å². The molecule has 35 heavy (non-hydrogen) atoms. The lowest BCUT2D eigenvalue weighted by molar-refractivity contribution is -0.190. The van der Waals surface area contributed by atoms with Crippen LogP contribution in [0, 0.1) is 0 Å². The fourth-order valence-corrected chi connectivity index (χ4v) is 4.83. The van der Waals surface area contributed by atoms with Crippen molar-refractivity contribution in [1.29, 1.82) is 0 Å². The van der Waals surface area contributed by atoms with Crippen LogP contribution in [0.1, 0.15) is 70.7 Å². The normalized spacial score (nSPS) is 22.6. The molecule has 0 aromatic heterocycles. The first-order valence-corrected chi connectivity index (χ1v) is 12.5. The van der Waals surface area contributed by atoms with E-state index in [-0.39, 0.29) is 12.3 Å². The van der Waals surface area contributed by atoms with Crippen LogP contribution in [0.15, 0.2) is 48.5 Å². The Bertz CT molecular complexity index is 1030. The largest absolute Gasteiger partial charge is 0.460 e. The molecular weight excluding hydrogens is 489 g/mol. The highest BCUT2D eigenvalue weighted by atomic mass is 35.5. The Hall–Kier alpha value is -2.12. The maximum atomic E-state index is 13.9. The summed E-state index contributed by atoms with van der Waals surface area (Å²) in [4.78, 5) is 28.2. The number of ether oxygens (including phenoxy) is 2. The van der Waals surface area contributed by atoms with Gasteiger partial charge in [0, 0.05) is 10.0 Å². The Balaban J connectivity index is 2.13. The number of hydrogen-bond acceptors (Lipinski definition) is 5. The molecule has 1 aliphatic heterocycles. The van der Waals surface area contributed by atoms with Gasteiger partial charge in [0.25, 0.3) is 5.91 Å².